The average molecular weight is 249 g/mol. The van der Waals surface area contributed by atoms with Crippen LogP contribution in [-0.2, 0) is 0 Å². The number of hydrogen-bond donors (Lipinski definition) is 2. The number of nitrogens with zero attached hydrogens (tertiary/aromatic N) is 1. The van der Waals surface area contributed by atoms with Gasteiger partial charge in [0.05, 0.1) is 0 Å². The van der Waals surface area contributed by atoms with Crippen molar-refractivity contribution in [3.8, 4) is 5.75 Å². The van der Waals surface area contributed by atoms with Gasteiger partial charge in [0.2, 0.25) is 0 Å². The number of nitrogens with one attached hydrogen (secondary N) is 1. The Labute approximate surface area is 105 Å². The lowest BCUT2D eigenvalue weighted by Gasteiger charge is -2.07. The standard InChI is InChI=1S/C12H15N3OS/c1-9-11(13)15-17-12(9)14-7-8-16-10-5-3-2-4-6-10/h2-6,14H,7-8H2,1H3,(H2,13,15). The Balaban J connectivity index is 1.75. The van der Waals surface area contributed by atoms with Gasteiger partial charge in [-0.15, -0.1) is 0 Å². The first kappa shape index (κ1) is 11.7. The number of para-hydroxylation sites is 1. The molecule has 3 N–H and O–H groups in total. The molecule has 1 heterocycles. The zero-order valence-electron chi connectivity index (χ0n) is 9.64. The maximum absolute atomic E-state index is 5.66. The molecule has 0 bridgehead atoms. The molecule has 17 heavy (non-hydrogen) atoms. The summed E-state index contributed by atoms with van der Waals surface area (Å²) in [5.41, 5.74) is 6.67. The number of rotatable bonds is 5. The van der Waals surface area contributed by atoms with Crippen LogP contribution < -0.4 is 15.8 Å². The molecule has 2 rings (SSSR count). The Bertz CT molecular complexity index is 470. The summed E-state index contributed by atoms with van der Waals surface area (Å²) in [6, 6.07) is 9.76. The molecule has 0 aliphatic heterocycles. The van der Waals surface area contributed by atoms with E-state index in [-0.39, 0.29) is 0 Å². The minimum Gasteiger partial charge on any atom is -0.492 e. The third-order valence-corrected chi connectivity index (χ3v) is 3.28. The van der Waals surface area contributed by atoms with E-state index in [0.29, 0.717) is 12.4 Å². The number of benzene rings is 1. The lowest BCUT2D eigenvalue weighted by atomic mass is 10.3. The Morgan fingerprint density at radius 1 is 1.35 bits per heavy atom. The summed E-state index contributed by atoms with van der Waals surface area (Å²) in [6.45, 7) is 3.30. The van der Waals surface area contributed by atoms with Gasteiger partial charge in [-0.1, -0.05) is 18.2 Å². The molecule has 0 saturated carbocycles. The monoisotopic (exact) mass is 249 g/mol. The maximum Gasteiger partial charge on any atom is 0.142 e. The molecule has 0 aliphatic rings. The molecule has 4 nitrogen and oxygen atoms in total. The number of nitrogens with two attached hydrogens (primary N) is 1. The fourth-order valence-electron chi connectivity index (χ4n) is 1.36. The van der Waals surface area contributed by atoms with Crippen molar-refractivity contribution in [1.82, 2.24) is 4.37 Å². The molecule has 2 aromatic rings. The minimum absolute atomic E-state index is 0.599. The van der Waals surface area contributed by atoms with Crippen molar-refractivity contribution in [2.24, 2.45) is 0 Å². The molecule has 1 aromatic carbocycles. The molecule has 0 saturated heterocycles. The predicted octanol–water partition coefficient (Wildman–Crippen LogP) is 2.52. The van der Waals surface area contributed by atoms with E-state index in [1.165, 1.54) is 11.5 Å². The van der Waals surface area contributed by atoms with E-state index >= 15 is 0 Å². The molecule has 0 amide bonds. The van der Waals surface area contributed by atoms with Crippen molar-refractivity contribution >= 4 is 22.4 Å². The lowest BCUT2D eigenvalue weighted by molar-refractivity contribution is 0.333. The van der Waals surface area contributed by atoms with Gasteiger partial charge in [0.15, 0.2) is 0 Å². The first-order chi connectivity index (χ1) is 8.27. The van der Waals surface area contributed by atoms with Crippen LogP contribution in [0.2, 0.25) is 0 Å². The van der Waals surface area contributed by atoms with Gasteiger partial charge in [-0.25, -0.2) is 0 Å². The summed E-state index contributed by atoms with van der Waals surface area (Å²) in [5, 5.41) is 4.27. The minimum atomic E-state index is 0.599. The molecule has 0 unspecified atom stereocenters. The van der Waals surface area contributed by atoms with E-state index in [1.807, 2.05) is 37.3 Å². The van der Waals surface area contributed by atoms with Crippen LogP contribution in [0, 0.1) is 6.92 Å². The van der Waals surface area contributed by atoms with E-state index in [9.17, 15) is 0 Å². The summed E-state index contributed by atoms with van der Waals surface area (Å²) in [6.07, 6.45) is 0. The smallest absolute Gasteiger partial charge is 0.142 e. The second-order valence-corrected chi connectivity index (χ2v) is 4.38. The van der Waals surface area contributed by atoms with Gasteiger partial charge in [-0.2, -0.15) is 4.37 Å². The topological polar surface area (TPSA) is 60.2 Å². The quantitative estimate of drug-likeness (QED) is 0.799. The first-order valence-electron chi connectivity index (χ1n) is 5.41. The number of ether oxygens (including phenoxy) is 1. The van der Waals surface area contributed by atoms with E-state index in [0.717, 1.165) is 22.9 Å². The highest BCUT2D eigenvalue weighted by molar-refractivity contribution is 7.10. The predicted molar refractivity (Wildman–Crippen MR) is 71.7 cm³/mol. The molecule has 5 heteroatoms. The molecule has 90 valence electrons. The zero-order chi connectivity index (χ0) is 12.1. The first-order valence-corrected chi connectivity index (χ1v) is 6.18. The fourth-order valence-corrected chi connectivity index (χ4v) is 2.10. The molecular formula is C12H15N3OS. The second kappa shape index (κ2) is 5.54. The highest BCUT2D eigenvalue weighted by Crippen LogP contribution is 2.24. The third kappa shape index (κ3) is 3.10. The number of anilines is 2. The van der Waals surface area contributed by atoms with Crippen molar-refractivity contribution in [3.63, 3.8) is 0 Å². The zero-order valence-corrected chi connectivity index (χ0v) is 10.5. The van der Waals surface area contributed by atoms with Crippen LogP contribution in [0.15, 0.2) is 30.3 Å². The molecular weight excluding hydrogens is 234 g/mol. The number of hydrogen-bond acceptors (Lipinski definition) is 5. The largest absolute Gasteiger partial charge is 0.492 e. The van der Waals surface area contributed by atoms with Crippen LogP contribution >= 0.6 is 11.5 Å². The molecule has 0 aliphatic carbocycles. The third-order valence-electron chi connectivity index (χ3n) is 2.36. The van der Waals surface area contributed by atoms with Crippen LogP contribution in [-0.4, -0.2) is 17.5 Å². The number of nitrogen functional groups attached to an aromatic ring is 1. The van der Waals surface area contributed by atoms with Gasteiger partial charge in [-0.05, 0) is 30.6 Å². The van der Waals surface area contributed by atoms with Crippen molar-refractivity contribution in [3.05, 3.63) is 35.9 Å². The normalized spacial score (nSPS) is 10.2. The second-order valence-electron chi connectivity index (χ2n) is 3.61. The molecule has 1 aromatic heterocycles. The van der Waals surface area contributed by atoms with Gasteiger partial charge in [0.1, 0.15) is 23.2 Å². The highest BCUT2D eigenvalue weighted by atomic mass is 32.1. The molecule has 0 atom stereocenters. The van der Waals surface area contributed by atoms with Crippen LogP contribution in [0.1, 0.15) is 5.56 Å². The van der Waals surface area contributed by atoms with Crippen molar-refractivity contribution in [1.29, 1.82) is 0 Å². The summed E-state index contributed by atoms with van der Waals surface area (Å²) in [7, 11) is 0. The van der Waals surface area contributed by atoms with Crippen molar-refractivity contribution < 1.29 is 4.74 Å². The van der Waals surface area contributed by atoms with Gasteiger partial charge in [-0.3, -0.25) is 0 Å². The van der Waals surface area contributed by atoms with E-state index in [2.05, 4.69) is 9.69 Å². The van der Waals surface area contributed by atoms with Gasteiger partial charge in [0, 0.05) is 12.1 Å². The van der Waals surface area contributed by atoms with Gasteiger partial charge < -0.3 is 15.8 Å². The van der Waals surface area contributed by atoms with Gasteiger partial charge >= 0.3 is 0 Å². The lowest BCUT2D eigenvalue weighted by Crippen LogP contribution is -2.11. The molecule has 0 spiro atoms. The Morgan fingerprint density at radius 2 is 2.12 bits per heavy atom. The molecule has 0 fully saturated rings. The fraction of sp³-hybridized carbons (Fsp3) is 0.250. The van der Waals surface area contributed by atoms with Crippen molar-refractivity contribution in [2.75, 3.05) is 24.2 Å². The number of aromatic nitrogens is 1. The van der Waals surface area contributed by atoms with E-state index < -0.39 is 0 Å². The van der Waals surface area contributed by atoms with Crippen LogP contribution in [0.25, 0.3) is 0 Å². The van der Waals surface area contributed by atoms with Crippen LogP contribution in [0.5, 0.6) is 5.75 Å². The van der Waals surface area contributed by atoms with Gasteiger partial charge in [0.25, 0.3) is 0 Å². The summed E-state index contributed by atoms with van der Waals surface area (Å²) < 4.78 is 9.63. The summed E-state index contributed by atoms with van der Waals surface area (Å²) in [5.74, 6) is 1.48. The Morgan fingerprint density at radius 3 is 2.76 bits per heavy atom. The van der Waals surface area contributed by atoms with Crippen LogP contribution in [0.3, 0.4) is 0 Å². The summed E-state index contributed by atoms with van der Waals surface area (Å²) in [4.78, 5) is 0. The highest BCUT2D eigenvalue weighted by Gasteiger charge is 2.05. The van der Waals surface area contributed by atoms with E-state index in [4.69, 9.17) is 10.5 Å². The maximum atomic E-state index is 5.66. The van der Waals surface area contributed by atoms with Crippen molar-refractivity contribution in [2.45, 2.75) is 6.92 Å². The summed E-state index contributed by atoms with van der Waals surface area (Å²) >= 11 is 1.38. The Kier molecular flexibility index (Phi) is 3.82. The Hall–Kier alpha value is -1.75. The van der Waals surface area contributed by atoms with E-state index in [1.54, 1.807) is 0 Å². The SMILES string of the molecule is Cc1c(N)nsc1NCCOc1ccccc1. The average Bonchev–Trinajstić information content (AvgIpc) is 2.67. The molecule has 0 radical (unpaired) electrons. The van der Waals surface area contributed by atoms with Crippen LogP contribution in [0.4, 0.5) is 10.8 Å².